The average molecular weight is 356 g/mol. The maximum absolute atomic E-state index is 11.9. The van der Waals surface area contributed by atoms with Crippen molar-refractivity contribution in [1.29, 1.82) is 0 Å². The van der Waals surface area contributed by atoms with Crippen molar-refractivity contribution in [1.82, 2.24) is 0 Å². The Labute approximate surface area is 138 Å². The molecule has 0 amide bonds. The van der Waals surface area contributed by atoms with Gasteiger partial charge in [-0.1, -0.05) is 23.7 Å². The van der Waals surface area contributed by atoms with Crippen molar-refractivity contribution >= 4 is 24.9 Å². The van der Waals surface area contributed by atoms with E-state index in [0.717, 1.165) is 0 Å². The number of nitrogens with one attached hydrogen (secondary N) is 1. The second kappa shape index (κ2) is 6.42. The summed E-state index contributed by atoms with van der Waals surface area (Å²) in [5.74, 6) is -0.0230. The monoisotopic (exact) mass is 355 g/mol. The lowest BCUT2D eigenvalue weighted by atomic mass is 10.2. The summed E-state index contributed by atoms with van der Waals surface area (Å²) in [6.07, 6.45) is 0. The van der Waals surface area contributed by atoms with E-state index in [2.05, 4.69) is 5.32 Å². The number of hydrogen-bond donors (Lipinski definition) is 3. The highest BCUT2D eigenvalue weighted by Gasteiger charge is 2.30. The van der Waals surface area contributed by atoms with Crippen LogP contribution in [-0.2, 0) is 4.57 Å². The smallest absolute Gasteiger partial charge is 0.352 e. The molecule has 23 heavy (non-hydrogen) atoms. The summed E-state index contributed by atoms with van der Waals surface area (Å²) in [5.41, 5.74) is 0.968. The number of ether oxygens (including phenoxy) is 2. The van der Waals surface area contributed by atoms with E-state index in [1.54, 1.807) is 42.5 Å². The van der Waals surface area contributed by atoms with Crippen LogP contribution < -0.4 is 14.8 Å². The van der Waals surface area contributed by atoms with E-state index in [0.29, 0.717) is 41.0 Å². The van der Waals surface area contributed by atoms with Crippen LogP contribution in [0.3, 0.4) is 0 Å². The van der Waals surface area contributed by atoms with Gasteiger partial charge in [0.15, 0.2) is 17.3 Å². The van der Waals surface area contributed by atoms with Gasteiger partial charge in [0.1, 0.15) is 13.2 Å². The van der Waals surface area contributed by atoms with Crippen molar-refractivity contribution in [3.63, 3.8) is 0 Å². The first-order valence-electron chi connectivity index (χ1n) is 6.90. The second-order valence-corrected chi connectivity index (χ2v) is 7.18. The number of benzene rings is 2. The number of halogens is 1. The summed E-state index contributed by atoms with van der Waals surface area (Å²) in [4.78, 5) is 19.3. The van der Waals surface area contributed by atoms with Gasteiger partial charge in [-0.25, -0.2) is 0 Å². The van der Waals surface area contributed by atoms with Crippen LogP contribution in [0.4, 0.5) is 5.69 Å². The first-order valence-corrected chi connectivity index (χ1v) is 8.96. The summed E-state index contributed by atoms with van der Waals surface area (Å²) in [5, 5.41) is 3.36. The Morgan fingerprint density at radius 1 is 1.04 bits per heavy atom. The second-order valence-electron chi connectivity index (χ2n) is 5.05. The topological polar surface area (TPSA) is 88.0 Å². The zero-order chi connectivity index (χ0) is 16.4. The SMILES string of the molecule is O=P(O)(O)C(Nc1ccc2c(c1)OCCO2)c1ccc(Cl)cc1. The number of anilines is 1. The Morgan fingerprint density at radius 2 is 1.70 bits per heavy atom. The average Bonchev–Trinajstić information content (AvgIpc) is 2.52. The quantitative estimate of drug-likeness (QED) is 0.728. The van der Waals surface area contributed by atoms with Gasteiger partial charge < -0.3 is 24.6 Å². The van der Waals surface area contributed by atoms with Crippen LogP contribution in [0.2, 0.25) is 5.02 Å². The Morgan fingerprint density at radius 3 is 2.35 bits per heavy atom. The number of fused-ring (bicyclic) bond motifs is 1. The molecule has 0 spiro atoms. The molecule has 1 heterocycles. The summed E-state index contributed by atoms with van der Waals surface area (Å²) in [6.45, 7) is 0.922. The summed E-state index contributed by atoms with van der Waals surface area (Å²) in [6, 6.07) is 11.4. The molecule has 0 aromatic heterocycles. The van der Waals surface area contributed by atoms with Gasteiger partial charge in [0.25, 0.3) is 0 Å². The molecule has 2 aromatic carbocycles. The van der Waals surface area contributed by atoms with Crippen LogP contribution in [0.25, 0.3) is 0 Å². The summed E-state index contributed by atoms with van der Waals surface area (Å²) >= 11 is 5.83. The minimum atomic E-state index is -4.43. The Kier molecular flexibility index (Phi) is 4.50. The van der Waals surface area contributed by atoms with E-state index >= 15 is 0 Å². The Hall–Kier alpha value is -1.72. The molecule has 0 saturated heterocycles. The highest BCUT2D eigenvalue weighted by atomic mass is 35.5. The third-order valence-corrected chi connectivity index (χ3v) is 4.72. The molecule has 0 radical (unpaired) electrons. The van der Waals surface area contributed by atoms with Crippen LogP contribution >= 0.6 is 19.2 Å². The molecule has 0 aliphatic carbocycles. The van der Waals surface area contributed by atoms with Gasteiger partial charge in [-0.05, 0) is 29.8 Å². The fourth-order valence-corrected chi connectivity index (χ4v) is 3.30. The largest absolute Gasteiger partial charge is 0.486 e. The first kappa shape index (κ1) is 16.1. The van der Waals surface area contributed by atoms with Crippen molar-refractivity contribution in [3.8, 4) is 11.5 Å². The molecule has 0 bridgehead atoms. The van der Waals surface area contributed by atoms with Gasteiger partial charge in [0, 0.05) is 16.8 Å². The molecule has 1 aliphatic heterocycles. The zero-order valence-corrected chi connectivity index (χ0v) is 13.6. The third-order valence-electron chi connectivity index (χ3n) is 3.37. The van der Waals surface area contributed by atoms with Crippen molar-refractivity contribution < 1.29 is 23.8 Å². The summed E-state index contributed by atoms with van der Waals surface area (Å²) in [7, 11) is -4.43. The molecule has 0 saturated carbocycles. The standard InChI is InChI=1S/C15H15ClNO5P/c16-11-3-1-10(2-4-11)15(23(18,19)20)17-12-5-6-13-14(9-12)22-8-7-21-13/h1-6,9,15,17H,7-8H2,(H2,18,19,20). The predicted molar refractivity (Wildman–Crippen MR) is 87.3 cm³/mol. The summed E-state index contributed by atoms with van der Waals surface area (Å²) < 4.78 is 22.8. The minimum absolute atomic E-state index is 0.440. The third kappa shape index (κ3) is 3.79. The van der Waals surface area contributed by atoms with Crippen LogP contribution in [0.1, 0.15) is 11.3 Å². The van der Waals surface area contributed by atoms with E-state index < -0.39 is 13.4 Å². The van der Waals surface area contributed by atoms with E-state index in [1.165, 1.54) is 0 Å². The van der Waals surface area contributed by atoms with Crippen LogP contribution in [-0.4, -0.2) is 23.0 Å². The molecule has 3 rings (SSSR count). The van der Waals surface area contributed by atoms with Crippen molar-refractivity contribution in [3.05, 3.63) is 53.1 Å². The Balaban J connectivity index is 1.90. The van der Waals surface area contributed by atoms with Gasteiger partial charge >= 0.3 is 7.60 Å². The van der Waals surface area contributed by atoms with Crippen molar-refractivity contribution in [2.45, 2.75) is 5.78 Å². The Bertz CT molecular complexity index is 746. The number of rotatable bonds is 4. The van der Waals surface area contributed by atoms with Crippen LogP contribution in [0.5, 0.6) is 11.5 Å². The molecular formula is C15H15ClNO5P. The van der Waals surface area contributed by atoms with E-state index in [4.69, 9.17) is 21.1 Å². The molecule has 1 unspecified atom stereocenters. The molecule has 3 N–H and O–H groups in total. The highest BCUT2D eigenvalue weighted by Crippen LogP contribution is 2.52. The first-order chi connectivity index (χ1) is 10.9. The molecule has 8 heteroatoms. The van der Waals surface area contributed by atoms with E-state index in [1.807, 2.05) is 0 Å². The predicted octanol–water partition coefficient (Wildman–Crippen LogP) is 3.40. The molecule has 1 aliphatic rings. The van der Waals surface area contributed by atoms with Gasteiger partial charge in [-0.15, -0.1) is 0 Å². The minimum Gasteiger partial charge on any atom is -0.486 e. The van der Waals surface area contributed by atoms with Gasteiger partial charge in [0.2, 0.25) is 0 Å². The zero-order valence-electron chi connectivity index (χ0n) is 12.0. The maximum Gasteiger partial charge on any atom is 0.352 e. The van der Waals surface area contributed by atoms with Crippen LogP contribution in [0.15, 0.2) is 42.5 Å². The van der Waals surface area contributed by atoms with E-state index in [9.17, 15) is 14.4 Å². The van der Waals surface area contributed by atoms with Crippen molar-refractivity contribution in [2.24, 2.45) is 0 Å². The highest BCUT2D eigenvalue weighted by molar-refractivity contribution is 7.52. The lowest BCUT2D eigenvalue weighted by Crippen LogP contribution is -2.16. The molecule has 6 nitrogen and oxygen atoms in total. The fraction of sp³-hybridized carbons (Fsp3) is 0.200. The van der Waals surface area contributed by atoms with Gasteiger partial charge in [-0.2, -0.15) is 0 Å². The molecule has 122 valence electrons. The van der Waals surface area contributed by atoms with E-state index in [-0.39, 0.29) is 0 Å². The lowest BCUT2D eigenvalue weighted by molar-refractivity contribution is 0.171. The van der Waals surface area contributed by atoms with Gasteiger partial charge in [-0.3, -0.25) is 4.57 Å². The fourth-order valence-electron chi connectivity index (χ4n) is 2.30. The molecular weight excluding hydrogens is 341 g/mol. The lowest BCUT2D eigenvalue weighted by Gasteiger charge is -2.23. The maximum atomic E-state index is 11.9. The molecule has 2 aromatic rings. The van der Waals surface area contributed by atoms with Crippen LogP contribution in [0, 0.1) is 0 Å². The van der Waals surface area contributed by atoms with Gasteiger partial charge in [0.05, 0.1) is 0 Å². The number of hydrogen-bond acceptors (Lipinski definition) is 4. The molecule has 1 atom stereocenters. The normalized spacial score (nSPS) is 15.1. The molecule has 0 fully saturated rings. The van der Waals surface area contributed by atoms with Crippen molar-refractivity contribution in [2.75, 3.05) is 18.5 Å².